The summed E-state index contributed by atoms with van der Waals surface area (Å²) in [5, 5.41) is 13.1. The summed E-state index contributed by atoms with van der Waals surface area (Å²) in [5.41, 5.74) is 3.71. The van der Waals surface area contributed by atoms with Crippen molar-refractivity contribution in [3.05, 3.63) is 70.7 Å². The van der Waals surface area contributed by atoms with E-state index in [1.807, 2.05) is 25.1 Å². The summed E-state index contributed by atoms with van der Waals surface area (Å²) in [6.45, 7) is 1.89. The molecule has 0 amide bonds. The molecule has 0 fully saturated rings. The predicted octanol–water partition coefficient (Wildman–Crippen LogP) is 3.92. The maximum atomic E-state index is 10.6. The molecular formula is C18H16O2. The number of aryl methyl sites for hydroxylation is 3. The average Bonchev–Trinajstić information content (AvgIpc) is 3.07. The average molecular weight is 264 g/mol. The van der Waals surface area contributed by atoms with Gasteiger partial charge in [-0.15, -0.1) is 0 Å². The largest absolute Gasteiger partial charge is 0.463 e. The SMILES string of the molecule is Cc1ccc(C(O)c2ccc3c4c(cccc24)CC3)o1. The van der Waals surface area contributed by atoms with Crippen LogP contribution in [0.3, 0.4) is 0 Å². The lowest BCUT2D eigenvalue weighted by Gasteiger charge is -2.13. The molecule has 0 saturated carbocycles. The summed E-state index contributed by atoms with van der Waals surface area (Å²) < 4.78 is 5.57. The number of aliphatic hydroxyl groups excluding tert-OH is 1. The van der Waals surface area contributed by atoms with E-state index in [0.717, 1.165) is 29.6 Å². The van der Waals surface area contributed by atoms with Crippen molar-refractivity contribution in [2.45, 2.75) is 25.9 Å². The summed E-state index contributed by atoms with van der Waals surface area (Å²) >= 11 is 0. The normalized spacial score (nSPS) is 14.9. The minimum Gasteiger partial charge on any atom is -0.463 e. The third-order valence-electron chi connectivity index (χ3n) is 4.24. The summed E-state index contributed by atoms with van der Waals surface area (Å²) in [5.74, 6) is 1.44. The van der Waals surface area contributed by atoms with Crippen molar-refractivity contribution < 1.29 is 9.52 Å². The number of aliphatic hydroxyl groups is 1. The van der Waals surface area contributed by atoms with E-state index in [-0.39, 0.29) is 0 Å². The molecule has 2 aromatic carbocycles. The number of rotatable bonds is 2. The van der Waals surface area contributed by atoms with Gasteiger partial charge in [-0.3, -0.25) is 0 Å². The first-order chi connectivity index (χ1) is 9.74. The maximum Gasteiger partial charge on any atom is 0.137 e. The van der Waals surface area contributed by atoms with Crippen LogP contribution in [0.1, 0.15) is 34.3 Å². The topological polar surface area (TPSA) is 33.4 Å². The Hall–Kier alpha value is -2.06. The van der Waals surface area contributed by atoms with Crippen LogP contribution in [0.5, 0.6) is 0 Å². The van der Waals surface area contributed by atoms with Crippen molar-refractivity contribution in [3.63, 3.8) is 0 Å². The first-order valence-corrected chi connectivity index (χ1v) is 7.02. The van der Waals surface area contributed by atoms with E-state index >= 15 is 0 Å². The Morgan fingerprint density at radius 2 is 1.80 bits per heavy atom. The van der Waals surface area contributed by atoms with Crippen LogP contribution in [0.4, 0.5) is 0 Å². The van der Waals surface area contributed by atoms with Gasteiger partial charge in [-0.25, -0.2) is 0 Å². The van der Waals surface area contributed by atoms with Crippen LogP contribution < -0.4 is 0 Å². The van der Waals surface area contributed by atoms with E-state index in [0.29, 0.717) is 5.76 Å². The Kier molecular flexibility index (Phi) is 2.48. The van der Waals surface area contributed by atoms with E-state index in [1.54, 1.807) is 0 Å². The summed E-state index contributed by atoms with van der Waals surface area (Å²) in [7, 11) is 0. The highest BCUT2D eigenvalue weighted by Crippen LogP contribution is 2.36. The Morgan fingerprint density at radius 3 is 2.55 bits per heavy atom. The molecule has 1 heterocycles. The van der Waals surface area contributed by atoms with Gasteiger partial charge < -0.3 is 9.52 Å². The van der Waals surface area contributed by atoms with Gasteiger partial charge in [0.1, 0.15) is 17.6 Å². The molecule has 1 aliphatic rings. The van der Waals surface area contributed by atoms with Gasteiger partial charge in [-0.2, -0.15) is 0 Å². The molecule has 1 unspecified atom stereocenters. The number of hydrogen-bond donors (Lipinski definition) is 1. The van der Waals surface area contributed by atoms with Crippen LogP contribution in [0.15, 0.2) is 46.9 Å². The molecular weight excluding hydrogens is 248 g/mol. The van der Waals surface area contributed by atoms with Gasteiger partial charge in [-0.05, 0) is 59.4 Å². The first-order valence-electron chi connectivity index (χ1n) is 7.02. The predicted molar refractivity (Wildman–Crippen MR) is 78.9 cm³/mol. The zero-order chi connectivity index (χ0) is 13.7. The van der Waals surface area contributed by atoms with Crippen molar-refractivity contribution in [2.75, 3.05) is 0 Å². The first kappa shape index (κ1) is 11.7. The van der Waals surface area contributed by atoms with Gasteiger partial charge in [0.05, 0.1) is 0 Å². The molecule has 2 nitrogen and oxygen atoms in total. The van der Waals surface area contributed by atoms with Crippen molar-refractivity contribution in [3.8, 4) is 0 Å². The van der Waals surface area contributed by atoms with Gasteiger partial charge in [0.25, 0.3) is 0 Å². The van der Waals surface area contributed by atoms with Crippen LogP contribution in [0, 0.1) is 6.92 Å². The maximum absolute atomic E-state index is 10.6. The summed E-state index contributed by atoms with van der Waals surface area (Å²) in [4.78, 5) is 0. The summed E-state index contributed by atoms with van der Waals surface area (Å²) in [6, 6.07) is 14.3. The van der Waals surface area contributed by atoms with E-state index in [9.17, 15) is 5.11 Å². The highest BCUT2D eigenvalue weighted by atomic mass is 16.4. The monoisotopic (exact) mass is 264 g/mol. The molecule has 0 bridgehead atoms. The third kappa shape index (κ3) is 1.61. The second kappa shape index (κ2) is 4.22. The lowest BCUT2D eigenvalue weighted by molar-refractivity contribution is 0.189. The van der Waals surface area contributed by atoms with E-state index < -0.39 is 6.10 Å². The minimum atomic E-state index is -0.700. The third-order valence-corrected chi connectivity index (χ3v) is 4.24. The standard InChI is InChI=1S/C18H16O2/c1-11-5-10-16(20-11)18(19)15-9-8-13-7-6-12-3-2-4-14(15)17(12)13/h2-5,8-10,18-19H,6-7H2,1H3. The second-order valence-electron chi connectivity index (χ2n) is 5.50. The van der Waals surface area contributed by atoms with Crippen LogP contribution in [-0.2, 0) is 12.8 Å². The molecule has 100 valence electrons. The number of benzene rings is 2. The molecule has 3 aromatic rings. The zero-order valence-corrected chi connectivity index (χ0v) is 11.4. The highest BCUT2D eigenvalue weighted by molar-refractivity contribution is 5.93. The molecule has 1 aromatic heterocycles. The number of hydrogen-bond acceptors (Lipinski definition) is 2. The Bertz CT molecular complexity index is 788. The Balaban J connectivity index is 1.93. The lowest BCUT2D eigenvalue weighted by atomic mass is 9.96. The smallest absolute Gasteiger partial charge is 0.137 e. The quantitative estimate of drug-likeness (QED) is 0.761. The molecule has 0 radical (unpaired) electrons. The Morgan fingerprint density at radius 1 is 1.00 bits per heavy atom. The lowest BCUT2D eigenvalue weighted by Crippen LogP contribution is -1.99. The molecule has 1 atom stereocenters. The van der Waals surface area contributed by atoms with Gasteiger partial charge in [0, 0.05) is 0 Å². The minimum absolute atomic E-state index is 0.612. The fourth-order valence-corrected chi connectivity index (χ4v) is 3.26. The van der Waals surface area contributed by atoms with Gasteiger partial charge >= 0.3 is 0 Å². The van der Waals surface area contributed by atoms with Crippen molar-refractivity contribution >= 4 is 10.8 Å². The van der Waals surface area contributed by atoms with E-state index in [1.165, 1.54) is 16.5 Å². The van der Waals surface area contributed by atoms with Crippen LogP contribution >= 0.6 is 0 Å². The van der Waals surface area contributed by atoms with Crippen LogP contribution in [0.2, 0.25) is 0 Å². The molecule has 1 aliphatic carbocycles. The van der Waals surface area contributed by atoms with E-state index in [4.69, 9.17) is 4.42 Å². The van der Waals surface area contributed by atoms with Crippen molar-refractivity contribution in [1.82, 2.24) is 0 Å². The molecule has 0 aliphatic heterocycles. The second-order valence-corrected chi connectivity index (χ2v) is 5.50. The molecule has 20 heavy (non-hydrogen) atoms. The molecule has 0 spiro atoms. The molecule has 4 rings (SSSR count). The van der Waals surface area contributed by atoms with Gasteiger partial charge in [0.15, 0.2) is 0 Å². The zero-order valence-electron chi connectivity index (χ0n) is 11.4. The van der Waals surface area contributed by atoms with Crippen LogP contribution in [-0.4, -0.2) is 5.11 Å². The molecule has 1 N–H and O–H groups in total. The number of furan rings is 1. The fraction of sp³-hybridized carbons (Fsp3) is 0.222. The van der Waals surface area contributed by atoms with Gasteiger partial charge in [-0.1, -0.05) is 30.3 Å². The fourth-order valence-electron chi connectivity index (χ4n) is 3.26. The highest BCUT2D eigenvalue weighted by Gasteiger charge is 2.21. The van der Waals surface area contributed by atoms with Crippen molar-refractivity contribution in [2.24, 2.45) is 0 Å². The van der Waals surface area contributed by atoms with E-state index in [2.05, 4.69) is 24.3 Å². The summed E-state index contributed by atoms with van der Waals surface area (Å²) in [6.07, 6.45) is 1.51. The Labute approximate surface area is 117 Å². The van der Waals surface area contributed by atoms with Crippen LogP contribution in [0.25, 0.3) is 10.8 Å². The van der Waals surface area contributed by atoms with Crippen molar-refractivity contribution in [1.29, 1.82) is 0 Å². The molecule has 0 saturated heterocycles. The molecule has 2 heteroatoms. The van der Waals surface area contributed by atoms with Gasteiger partial charge in [0.2, 0.25) is 0 Å².